The first kappa shape index (κ1) is 19.0. The minimum atomic E-state index is -1.21. The van der Waals surface area contributed by atoms with Gasteiger partial charge in [0.2, 0.25) is 0 Å². The molecule has 2 N–H and O–H groups in total. The summed E-state index contributed by atoms with van der Waals surface area (Å²) in [7, 11) is 0. The lowest BCUT2D eigenvalue weighted by atomic mass is 10.2. The van der Waals surface area contributed by atoms with Crippen molar-refractivity contribution in [3.63, 3.8) is 0 Å². The Hall–Kier alpha value is -3.03. The summed E-state index contributed by atoms with van der Waals surface area (Å²) >= 11 is 0. The van der Waals surface area contributed by atoms with Crippen LogP contribution in [0.4, 0.5) is 0 Å². The highest BCUT2D eigenvalue weighted by atomic mass is 16.6. The number of aromatic hydroxyl groups is 2. The second-order valence-corrected chi connectivity index (χ2v) is 4.53. The first-order valence-electron chi connectivity index (χ1n) is 7.15. The fourth-order valence-corrected chi connectivity index (χ4v) is 1.61. The first-order valence-corrected chi connectivity index (χ1v) is 7.15. The van der Waals surface area contributed by atoms with Gasteiger partial charge in [0.15, 0.2) is 6.10 Å². The molecule has 0 fully saturated rings. The van der Waals surface area contributed by atoms with E-state index in [0.717, 1.165) is 30.4 Å². The second-order valence-electron chi connectivity index (χ2n) is 4.53. The fourth-order valence-electron chi connectivity index (χ4n) is 1.61. The molecule has 0 spiro atoms. The van der Waals surface area contributed by atoms with Crippen molar-refractivity contribution in [2.75, 3.05) is 6.61 Å². The number of benzene rings is 1. The van der Waals surface area contributed by atoms with Crippen LogP contribution in [-0.4, -0.2) is 40.8 Å². The van der Waals surface area contributed by atoms with Crippen LogP contribution in [-0.2, 0) is 23.9 Å². The lowest BCUT2D eigenvalue weighted by Gasteiger charge is -2.14. The Morgan fingerprint density at radius 2 is 1.62 bits per heavy atom. The molecule has 0 aromatic heterocycles. The van der Waals surface area contributed by atoms with Gasteiger partial charge in [-0.25, -0.2) is 14.4 Å². The Morgan fingerprint density at radius 3 is 2.17 bits per heavy atom. The van der Waals surface area contributed by atoms with Crippen LogP contribution in [0.5, 0.6) is 17.2 Å². The van der Waals surface area contributed by atoms with Gasteiger partial charge in [0.05, 0.1) is 6.61 Å². The predicted octanol–water partition coefficient (Wildman–Crippen LogP) is 1.44. The van der Waals surface area contributed by atoms with Crippen molar-refractivity contribution in [1.82, 2.24) is 0 Å². The Morgan fingerprint density at radius 1 is 1.04 bits per heavy atom. The molecule has 0 heterocycles. The predicted molar refractivity (Wildman–Crippen MR) is 81.4 cm³/mol. The van der Waals surface area contributed by atoms with Gasteiger partial charge in [0.1, 0.15) is 17.2 Å². The van der Waals surface area contributed by atoms with Gasteiger partial charge in [-0.3, -0.25) is 0 Å². The Kier molecular flexibility index (Phi) is 7.28. The molecule has 0 aliphatic rings. The molecule has 1 atom stereocenters. The van der Waals surface area contributed by atoms with Gasteiger partial charge in [-0.15, -0.1) is 0 Å². The Labute approximate surface area is 138 Å². The molecule has 0 aliphatic carbocycles. The lowest BCUT2D eigenvalue weighted by Crippen LogP contribution is -2.30. The molecular weight excluding hydrogens is 320 g/mol. The van der Waals surface area contributed by atoms with Crippen LogP contribution >= 0.6 is 0 Å². The zero-order chi connectivity index (χ0) is 18.1. The second kappa shape index (κ2) is 9.19. The molecule has 0 aliphatic heterocycles. The number of hydrogen-bond acceptors (Lipinski definition) is 8. The third kappa shape index (κ3) is 6.39. The van der Waals surface area contributed by atoms with Crippen LogP contribution < -0.4 is 4.74 Å². The van der Waals surface area contributed by atoms with E-state index in [4.69, 9.17) is 9.47 Å². The van der Waals surface area contributed by atoms with E-state index in [1.54, 1.807) is 13.8 Å². The molecule has 1 unspecified atom stereocenters. The van der Waals surface area contributed by atoms with E-state index in [1.165, 1.54) is 0 Å². The number of hydrogen-bond donors (Lipinski definition) is 2. The van der Waals surface area contributed by atoms with Crippen molar-refractivity contribution in [3.8, 4) is 17.2 Å². The van der Waals surface area contributed by atoms with Crippen LogP contribution in [0.15, 0.2) is 30.4 Å². The lowest BCUT2D eigenvalue weighted by molar-refractivity contribution is -0.159. The molecule has 130 valence electrons. The fraction of sp³-hybridized carbons (Fsp3) is 0.312. The van der Waals surface area contributed by atoms with Gasteiger partial charge in [0, 0.05) is 30.4 Å². The average Bonchev–Trinajstić information content (AvgIpc) is 2.49. The zero-order valence-corrected chi connectivity index (χ0v) is 13.2. The van der Waals surface area contributed by atoms with Crippen LogP contribution in [0.2, 0.25) is 0 Å². The van der Waals surface area contributed by atoms with E-state index in [2.05, 4.69) is 4.74 Å². The molecule has 0 amide bonds. The van der Waals surface area contributed by atoms with Crippen molar-refractivity contribution in [2.45, 2.75) is 26.4 Å². The first-order chi connectivity index (χ1) is 11.3. The summed E-state index contributed by atoms with van der Waals surface area (Å²) in [5, 5.41) is 18.6. The van der Waals surface area contributed by atoms with Crippen molar-refractivity contribution in [1.29, 1.82) is 0 Å². The zero-order valence-electron chi connectivity index (χ0n) is 13.2. The minimum absolute atomic E-state index is 0.103. The van der Waals surface area contributed by atoms with Crippen LogP contribution in [0, 0.1) is 0 Å². The monoisotopic (exact) mass is 338 g/mol. The standard InChI is InChI=1S/C16H18O8/c1-3-13(24-15(20)6-5-14(19)22-4-2)16(21)23-12-8-10(17)7-11(18)9-12/h5-9,13,17-18H,3-4H2,1-2H3/b6-5+. The van der Waals surface area contributed by atoms with Gasteiger partial charge in [0.25, 0.3) is 0 Å². The van der Waals surface area contributed by atoms with Gasteiger partial charge in [-0.1, -0.05) is 6.92 Å². The topological polar surface area (TPSA) is 119 Å². The number of phenolic OH excluding ortho intramolecular Hbond substituents is 2. The van der Waals surface area contributed by atoms with Gasteiger partial charge >= 0.3 is 17.9 Å². The van der Waals surface area contributed by atoms with E-state index in [0.29, 0.717) is 0 Å². The van der Waals surface area contributed by atoms with Gasteiger partial charge < -0.3 is 24.4 Å². The molecule has 0 saturated heterocycles. The highest BCUT2D eigenvalue weighted by Gasteiger charge is 2.23. The van der Waals surface area contributed by atoms with E-state index in [1.807, 2.05) is 0 Å². The van der Waals surface area contributed by atoms with Crippen molar-refractivity contribution < 1.29 is 38.8 Å². The number of carbonyl (C=O) groups is 3. The van der Waals surface area contributed by atoms with E-state index in [-0.39, 0.29) is 30.3 Å². The normalized spacial score (nSPS) is 11.8. The quantitative estimate of drug-likeness (QED) is 0.435. The summed E-state index contributed by atoms with van der Waals surface area (Å²) in [5.74, 6) is -3.19. The highest BCUT2D eigenvalue weighted by Crippen LogP contribution is 2.26. The average molecular weight is 338 g/mol. The summed E-state index contributed by atoms with van der Waals surface area (Å²) < 4.78 is 14.4. The van der Waals surface area contributed by atoms with E-state index in [9.17, 15) is 24.6 Å². The van der Waals surface area contributed by atoms with Crippen molar-refractivity contribution >= 4 is 17.9 Å². The summed E-state index contributed by atoms with van der Waals surface area (Å²) in [6.45, 7) is 3.37. The molecule has 8 nitrogen and oxygen atoms in total. The maximum absolute atomic E-state index is 12.0. The number of carbonyl (C=O) groups excluding carboxylic acids is 3. The maximum Gasteiger partial charge on any atom is 0.352 e. The summed E-state index contributed by atoms with van der Waals surface area (Å²) in [4.78, 5) is 34.6. The van der Waals surface area contributed by atoms with Crippen molar-refractivity contribution in [3.05, 3.63) is 30.4 Å². The molecule has 1 aromatic carbocycles. The Bertz CT molecular complexity index is 615. The summed E-state index contributed by atoms with van der Waals surface area (Å²) in [6.07, 6.45) is 0.641. The molecule has 8 heteroatoms. The van der Waals surface area contributed by atoms with Crippen LogP contribution in [0.25, 0.3) is 0 Å². The van der Waals surface area contributed by atoms with Gasteiger partial charge in [-0.2, -0.15) is 0 Å². The molecular formula is C16H18O8. The molecule has 1 rings (SSSR count). The number of phenols is 2. The third-order valence-electron chi connectivity index (χ3n) is 2.63. The Balaban J connectivity index is 2.66. The smallest absolute Gasteiger partial charge is 0.352 e. The number of rotatable bonds is 7. The molecule has 0 saturated carbocycles. The summed E-state index contributed by atoms with van der Waals surface area (Å²) in [6, 6.07) is 3.30. The number of esters is 3. The maximum atomic E-state index is 12.0. The molecule has 0 radical (unpaired) electrons. The molecule has 24 heavy (non-hydrogen) atoms. The molecule has 1 aromatic rings. The van der Waals surface area contributed by atoms with Gasteiger partial charge in [-0.05, 0) is 13.3 Å². The van der Waals surface area contributed by atoms with E-state index < -0.39 is 24.0 Å². The van der Waals surface area contributed by atoms with Crippen molar-refractivity contribution in [2.24, 2.45) is 0 Å². The summed E-state index contributed by atoms with van der Waals surface area (Å²) in [5.41, 5.74) is 0. The van der Waals surface area contributed by atoms with Crippen LogP contribution in [0.1, 0.15) is 20.3 Å². The van der Waals surface area contributed by atoms with E-state index >= 15 is 0 Å². The van der Waals surface area contributed by atoms with Crippen LogP contribution in [0.3, 0.4) is 0 Å². The minimum Gasteiger partial charge on any atom is -0.508 e. The largest absolute Gasteiger partial charge is 0.508 e. The highest BCUT2D eigenvalue weighted by molar-refractivity contribution is 5.92. The SMILES string of the molecule is CCOC(=O)/C=C/C(=O)OC(CC)C(=O)Oc1cc(O)cc(O)c1. The molecule has 0 bridgehead atoms. The number of ether oxygens (including phenoxy) is 3. The third-order valence-corrected chi connectivity index (χ3v) is 2.63.